The van der Waals surface area contributed by atoms with Crippen LogP contribution in [0.5, 0.6) is 0 Å². The van der Waals surface area contributed by atoms with Crippen LogP contribution in [-0.2, 0) is 9.53 Å². The number of aliphatic hydroxyl groups excluding tert-OH is 2. The van der Waals surface area contributed by atoms with Crippen LogP contribution >= 0.6 is 0 Å². The lowest BCUT2D eigenvalue weighted by atomic mass is 9.68. The number of nitrogens with zero attached hydrogens (tertiary/aromatic N) is 1. The van der Waals surface area contributed by atoms with Crippen molar-refractivity contribution in [1.82, 2.24) is 31.5 Å². The zero-order valence-electron chi connectivity index (χ0n) is 22.3. The molecule has 7 N–H and O–H groups in total. The van der Waals surface area contributed by atoms with E-state index in [1.165, 1.54) is 19.3 Å². The lowest BCUT2D eigenvalue weighted by Gasteiger charge is -2.47. The smallest absolute Gasteiger partial charge is 0.237 e. The molecule has 2 saturated heterocycles. The van der Waals surface area contributed by atoms with Gasteiger partial charge in [-0.2, -0.15) is 0 Å². The van der Waals surface area contributed by atoms with Gasteiger partial charge >= 0.3 is 0 Å². The number of ether oxygens (including phenoxy) is 1. The van der Waals surface area contributed by atoms with Gasteiger partial charge in [0.05, 0.1) is 37.1 Å². The van der Waals surface area contributed by atoms with E-state index in [-0.39, 0.29) is 30.8 Å². The molecule has 0 aromatic carbocycles. The monoisotopic (exact) mass is 510 g/mol. The van der Waals surface area contributed by atoms with E-state index >= 15 is 0 Å². The average Bonchev–Trinajstić information content (AvgIpc) is 2.85. The predicted molar refractivity (Wildman–Crippen MR) is 139 cm³/mol. The van der Waals surface area contributed by atoms with Gasteiger partial charge in [-0.3, -0.25) is 20.7 Å². The second kappa shape index (κ2) is 13.8. The Morgan fingerprint density at radius 2 is 1.94 bits per heavy atom. The minimum atomic E-state index is -0.568. The van der Waals surface area contributed by atoms with Gasteiger partial charge in [-0.15, -0.1) is 0 Å². The largest absolute Gasteiger partial charge is 0.390 e. The molecular weight excluding hydrogens is 460 g/mol. The maximum Gasteiger partial charge on any atom is 0.237 e. The van der Waals surface area contributed by atoms with Crippen molar-refractivity contribution in [2.24, 2.45) is 17.8 Å². The molecule has 7 unspecified atom stereocenters. The highest BCUT2D eigenvalue weighted by atomic mass is 16.5. The van der Waals surface area contributed by atoms with Crippen LogP contribution in [0.3, 0.4) is 0 Å². The number of carbonyl (C=O) groups excluding carboxylic acids is 1. The van der Waals surface area contributed by atoms with Crippen molar-refractivity contribution >= 4 is 5.91 Å². The molecule has 0 bridgehead atoms. The van der Waals surface area contributed by atoms with Crippen molar-refractivity contribution in [3.63, 3.8) is 0 Å². The number of hydrogen-bond donors (Lipinski definition) is 7. The summed E-state index contributed by atoms with van der Waals surface area (Å²) in [4.78, 5) is 15.1. The quantitative estimate of drug-likeness (QED) is 0.180. The van der Waals surface area contributed by atoms with Gasteiger partial charge in [-0.1, -0.05) is 13.3 Å². The van der Waals surface area contributed by atoms with Crippen molar-refractivity contribution in [3.8, 4) is 0 Å². The topological polar surface area (TPSA) is 130 Å². The fraction of sp³-hybridized carbons (Fsp3) is 0.962. The van der Waals surface area contributed by atoms with E-state index in [1.54, 1.807) is 0 Å². The van der Waals surface area contributed by atoms with E-state index in [0.717, 1.165) is 32.4 Å². The number of hydrogen-bond acceptors (Lipinski definition) is 9. The van der Waals surface area contributed by atoms with Crippen LogP contribution in [0, 0.1) is 17.8 Å². The van der Waals surface area contributed by atoms with Crippen LogP contribution in [0.2, 0.25) is 0 Å². The third-order valence-corrected chi connectivity index (χ3v) is 8.91. The van der Waals surface area contributed by atoms with E-state index < -0.39 is 12.2 Å². The summed E-state index contributed by atoms with van der Waals surface area (Å²) in [5, 5.41) is 36.8. The molecule has 4 fully saturated rings. The Labute approximate surface area is 216 Å². The van der Waals surface area contributed by atoms with Gasteiger partial charge in [0.2, 0.25) is 5.91 Å². The third-order valence-electron chi connectivity index (χ3n) is 8.91. The van der Waals surface area contributed by atoms with Gasteiger partial charge in [-0.05, 0) is 63.5 Å². The van der Waals surface area contributed by atoms with Crippen molar-refractivity contribution in [2.75, 3.05) is 53.0 Å². The van der Waals surface area contributed by atoms with Gasteiger partial charge in [-0.25, -0.2) is 0 Å². The van der Waals surface area contributed by atoms with Gasteiger partial charge in [0.15, 0.2) is 0 Å². The number of carbonyl (C=O) groups is 1. The van der Waals surface area contributed by atoms with Crippen molar-refractivity contribution in [3.05, 3.63) is 0 Å². The normalized spacial score (nSPS) is 35.4. The molecule has 4 rings (SSSR count). The molecule has 4 aliphatic rings. The summed E-state index contributed by atoms with van der Waals surface area (Å²) in [7, 11) is 1.84. The highest BCUT2D eigenvalue weighted by Gasteiger charge is 2.40. The number of amides is 1. The fourth-order valence-electron chi connectivity index (χ4n) is 6.57. The Kier molecular flexibility index (Phi) is 10.8. The van der Waals surface area contributed by atoms with Crippen LogP contribution in [0.4, 0.5) is 0 Å². The molecule has 2 heterocycles. The van der Waals surface area contributed by atoms with Gasteiger partial charge in [0, 0.05) is 45.3 Å². The highest BCUT2D eigenvalue weighted by molar-refractivity contribution is 5.81. The molecule has 0 aromatic heterocycles. The zero-order chi connectivity index (χ0) is 25.5. The average molecular weight is 511 g/mol. The number of aliphatic hydroxyl groups is 2. The third kappa shape index (κ3) is 7.83. The number of fused-ring (bicyclic) bond motifs is 1. The first-order chi connectivity index (χ1) is 17.4. The molecule has 208 valence electrons. The summed E-state index contributed by atoms with van der Waals surface area (Å²) in [6.45, 7) is 6.71. The maximum atomic E-state index is 12.7. The molecule has 2 saturated carbocycles. The Bertz CT molecular complexity index is 683. The van der Waals surface area contributed by atoms with Crippen LogP contribution in [0.15, 0.2) is 0 Å². The second-order valence-electron chi connectivity index (χ2n) is 11.6. The molecule has 0 radical (unpaired) electrons. The van der Waals surface area contributed by atoms with Gasteiger partial charge < -0.3 is 30.5 Å². The van der Waals surface area contributed by atoms with Crippen molar-refractivity contribution in [2.45, 2.75) is 88.4 Å². The van der Waals surface area contributed by atoms with E-state index in [1.807, 2.05) is 7.05 Å². The Balaban J connectivity index is 1.13. The molecule has 10 nitrogen and oxygen atoms in total. The first-order valence-corrected chi connectivity index (χ1v) is 14.3. The summed E-state index contributed by atoms with van der Waals surface area (Å²) in [6.07, 6.45) is 7.08. The Hall–Kier alpha value is -0.850. The molecule has 10 heteroatoms. The molecule has 2 aliphatic carbocycles. The first kappa shape index (κ1) is 28.2. The SMILES string of the molecule is CNCC(O)COC1CCC2CN(C[C@@H](O)CNC(=O)C3CC(NC4CCC4)NCN3)CCC2C1C. The molecule has 1 amide bonds. The number of nitrogens with one attached hydrogen (secondary N) is 5. The van der Waals surface area contributed by atoms with Crippen molar-refractivity contribution < 1.29 is 19.7 Å². The van der Waals surface area contributed by atoms with E-state index in [4.69, 9.17) is 4.74 Å². The van der Waals surface area contributed by atoms with E-state index in [0.29, 0.717) is 56.6 Å². The number of β-amino-alcohol motifs (C(OH)–C–C–N with tert-alkyl or cyclic N) is 1. The fourth-order valence-corrected chi connectivity index (χ4v) is 6.57. The van der Waals surface area contributed by atoms with Crippen LogP contribution in [-0.4, -0.2) is 111 Å². The lowest BCUT2D eigenvalue weighted by Crippen LogP contribution is -2.62. The maximum absolute atomic E-state index is 12.7. The number of rotatable bonds is 12. The number of likely N-dealkylation sites (N-methyl/N-ethyl adjacent to an activating group) is 1. The Morgan fingerprint density at radius 3 is 2.69 bits per heavy atom. The van der Waals surface area contributed by atoms with E-state index in [9.17, 15) is 15.0 Å². The second-order valence-corrected chi connectivity index (χ2v) is 11.6. The van der Waals surface area contributed by atoms with Gasteiger partial charge in [0.1, 0.15) is 0 Å². The molecular formula is C26H50N6O4. The standard InChI is InChI=1S/C26H50N6O4/c1-17-22-8-9-32(13-18(22)6-7-24(17)36-15-21(34)11-27-2)14-20(33)12-28-26(35)23-10-25(30-16-29-23)31-19-4-3-5-19/h17-25,27,29-31,33-34H,3-16H2,1-2H3,(H,28,35)/t17?,18?,20-,21?,22?,23?,24?,25?/m0/s1. The molecule has 0 aromatic rings. The lowest BCUT2D eigenvalue weighted by molar-refractivity contribution is -0.124. The molecule has 8 atom stereocenters. The summed E-state index contributed by atoms with van der Waals surface area (Å²) >= 11 is 0. The predicted octanol–water partition coefficient (Wildman–Crippen LogP) is -0.826. The molecule has 36 heavy (non-hydrogen) atoms. The summed E-state index contributed by atoms with van der Waals surface area (Å²) in [6, 6.07) is 0.349. The minimum Gasteiger partial charge on any atom is -0.390 e. The first-order valence-electron chi connectivity index (χ1n) is 14.3. The molecule has 0 spiro atoms. The van der Waals surface area contributed by atoms with Gasteiger partial charge in [0.25, 0.3) is 0 Å². The zero-order valence-corrected chi connectivity index (χ0v) is 22.3. The molecule has 2 aliphatic heterocycles. The van der Waals surface area contributed by atoms with Crippen LogP contribution in [0.1, 0.15) is 51.9 Å². The summed E-state index contributed by atoms with van der Waals surface area (Å²) in [5.41, 5.74) is 0. The summed E-state index contributed by atoms with van der Waals surface area (Å²) in [5.74, 6) is 1.71. The summed E-state index contributed by atoms with van der Waals surface area (Å²) < 4.78 is 6.09. The number of piperidine rings is 1. The van der Waals surface area contributed by atoms with Crippen molar-refractivity contribution in [1.29, 1.82) is 0 Å². The van der Waals surface area contributed by atoms with Crippen LogP contribution < -0.4 is 26.6 Å². The van der Waals surface area contributed by atoms with E-state index in [2.05, 4.69) is 38.4 Å². The number of likely N-dealkylation sites (tertiary alicyclic amines) is 1. The minimum absolute atomic E-state index is 0.0262. The highest BCUT2D eigenvalue weighted by Crippen LogP contribution is 2.41. The van der Waals surface area contributed by atoms with Crippen LogP contribution in [0.25, 0.3) is 0 Å². The Morgan fingerprint density at radius 1 is 1.11 bits per heavy atom.